The van der Waals surface area contributed by atoms with Crippen LogP contribution in [0.4, 0.5) is 5.69 Å². The minimum absolute atomic E-state index is 0.0418. The van der Waals surface area contributed by atoms with Gasteiger partial charge in [0, 0.05) is 6.42 Å². The van der Waals surface area contributed by atoms with Crippen LogP contribution in [0.15, 0.2) is 24.3 Å². The first-order valence-corrected chi connectivity index (χ1v) is 16.6. The number of hydrogen-bond donors (Lipinski definition) is 8. The van der Waals surface area contributed by atoms with Gasteiger partial charge in [0.2, 0.25) is 11.6 Å². The van der Waals surface area contributed by atoms with Crippen molar-refractivity contribution in [3.05, 3.63) is 35.4 Å². The van der Waals surface area contributed by atoms with Gasteiger partial charge in [-0.3, -0.25) is 29.4 Å². The van der Waals surface area contributed by atoms with E-state index in [1.54, 1.807) is 20.8 Å². The fourth-order valence-corrected chi connectivity index (χ4v) is 9.20. The molecule has 2 aromatic carbocycles. The second-order valence-corrected chi connectivity index (χ2v) is 16.4. The van der Waals surface area contributed by atoms with Crippen LogP contribution in [0, 0.1) is 5.92 Å². The van der Waals surface area contributed by atoms with E-state index >= 15 is 0 Å². The molecule has 0 radical (unpaired) electrons. The summed E-state index contributed by atoms with van der Waals surface area (Å²) in [6.07, 6.45) is -1.46. The summed E-state index contributed by atoms with van der Waals surface area (Å²) in [6, 6.07) is 5.86. The van der Waals surface area contributed by atoms with Gasteiger partial charge < -0.3 is 40.3 Å². The molecule has 0 aromatic heterocycles. The van der Waals surface area contributed by atoms with Crippen molar-refractivity contribution in [2.45, 2.75) is 54.5 Å². The lowest BCUT2D eigenvalue weighted by atomic mass is 9.82. The van der Waals surface area contributed by atoms with Gasteiger partial charge in [-0.1, -0.05) is 18.2 Å². The number of β-lactam (4-membered cyclic amide) rings is 1. The lowest BCUT2D eigenvalue weighted by molar-refractivity contribution is -0.171. The Labute approximate surface area is 243 Å². The Kier molecular flexibility index (Phi) is 7.94. The van der Waals surface area contributed by atoms with Gasteiger partial charge in [-0.25, -0.2) is 4.79 Å². The maximum Gasteiger partial charge on any atom is 0.369 e. The number of thioether (sulfide) groups is 1. The van der Waals surface area contributed by atoms with Gasteiger partial charge in [-0.2, -0.15) is 0 Å². The monoisotopic (exact) mass is 647 g/mol. The molecule has 2 heterocycles. The molecule has 3 unspecified atom stereocenters. The Morgan fingerprint density at radius 2 is 1.74 bits per heavy atom. The number of nitrogens with zero attached hydrogens (tertiary/aromatic N) is 1. The number of Topliss-reactive ketones (excluding diaryl/α,β-unsaturated/α-hetero) is 1. The number of carboxylic acid groups (broad SMARTS) is 1. The first-order valence-electron chi connectivity index (χ1n) is 12.5. The number of aliphatic carboxylic acids is 1. The Hall–Kier alpha value is -2.52. The molecule has 18 heteroatoms. The average molecular weight is 648 g/mol. The van der Waals surface area contributed by atoms with Crippen molar-refractivity contribution in [3.8, 4) is 5.75 Å². The summed E-state index contributed by atoms with van der Waals surface area (Å²) in [5.41, 5.74) is 10.5. The smallest absolute Gasteiger partial charge is 0.369 e. The lowest BCUT2D eigenvalue weighted by Gasteiger charge is -2.47. The highest BCUT2D eigenvalue weighted by molar-refractivity contribution is 8.01. The van der Waals surface area contributed by atoms with Crippen LogP contribution in [0.3, 0.4) is 0 Å². The number of anilines is 1. The van der Waals surface area contributed by atoms with E-state index in [1.807, 2.05) is 0 Å². The van der Waals surface area contributed by atoms with Gasteiger partial charge in [-0.15, -0.1) is 11.8 Å². The first kappa shape index (κ1) is 32.4. The third kappa shape index (κ3) is 4.66. The van der Waals surface area contributed by atoms with Gasteiger partial charge in [0.05, 0.1) is 28.0 Å². The average Bonchev–Trinajstić information content (AvgIpc) is 3.04. The molecule has 0 saturated carbocycles. The number of benzene rings is 2. The van der Waals surface area contributed by atoms with Crippen molar-refractivity contribution >= 4 is 61.1 Å². The van der Waals surface area contributed by atoms with E-state index in [0.717, 1.165) is 16.7 Å². The zero-order valence-electron chi connectivity index (χ0n) is 22.6. The fourth-order valence-electron chi connectivity index (χ4n) is 5.32. The largest absolute Gasteiger partial charge is 0.491 e. The van der Waals surface area contributed by atoms with E-state index in [0.29, 0.717) is 5.39 Å². The minimum Gasteiger partial charge on any atom is -0.491 e. The third-order valence-corrected chi connectivity index (χ3v) is 13.3. The molecule has 1 amide bonds. The maximum atomic E-state index is 14.1. The second kappa shape index (κ2) is 10.3. The second-order valence-electron chi connectivity index (χ2n) is 10.7. The highest BCUT2D eigenvalue weighted by Crippen LogP contribution is 2.69. The molecule has 10 N–H and O–H groups in total. The van der Waals surface area contributed by atoms with E-state index in [2.05, 4.69) is 0 Å². The van der Waals surface area contributed by atoms with Crippen LogP contribution >= 0.6 is 27.0 Å². The molecule has 3 atom stereocenters. The Balaban J connectivity index is 1.81. The van der Waals surface area contributed by atoms with E-state index in [1.165, 1.54) is 24.3 Å². The van der Waals surface area contributed by atoms with Crippen LogP contribution in [-0.4, -0.2) is 79.8 Å². The zero-order valence-corrected chi connectivity index (χ0v) is 25.2. The van der Waals surface area contributed by atoms with Crippen LogP contribution in [0.1, 0.15) is 43.1 Å². The van der Waals surface area contributed by atoms with Gasteiger partial charge in [0.15, 0.2) is 11.5 Å². The van der Waals surface area contributed by atoms with Gasteiger partial charge in [0.1, 0.15) is 5.92 Å². The van der Waals surface area contributed by atoms with E-state index in [4.69, 9.17) is 16.2 Å². The number of aryl methyl sites for hydroxylation is 1. The Bertz CT molecular complexity index is 1580. The summed E-state index contributed by atoms with van der Waals surface area (Å²) in [6.45, 7) is 4.83. The topological polar surface area (TPSA) is 271 Å². The summed E-state index contributed by atoms with van der Waals surface area (Å²) < 4.78 is 28.1. The molecule has 2 aromatic rings. The molecular weight excluding hydrogens is 616 g/mol. The highest BCUT2D eigenvalue weighted by Gasteiger charge is 2.72. The summed E-state index contributed by atoms with van der Waals surface area (Å²) in [5.74, 6) is -4.32. The lowest BCUT2D eigenvalue weighted by Crippen LogP contribution is -2.75. The quantitative estimate of drug-likeness (QED) is 0.0587. The molecule has 2 saturated heterocycles. The SMILES string of the molecule is CCOc1c(N)cc2ccc(CCC(O)(P(=O)(O)O)P(=O)(O)O)cc2c1C(=O)C1C(=O)N2C1SC(C)(C)C2(N)C(=O)O. The predicted octanol–water partition coefficient (Wildman–Crippen LogP) is 0.987. The van der Waals surface area contributed by atoms with Crippen molar-refractivity contribution in [2.75, 3.05) is 12.3 Å². The highest BCUT2D eigenvalue weighted by atomic mass is 32.2. The molecular formula is C24H31N3O12P2S. The van der Waals surface area contributed by atoms with Crippen LogP contribution < -0.4 is 16.2 Å². The normalized spacial score (nSPS) is 23.9. The van der Waals surface area contributed by atoms with Crippen LogP contribution in [0.2, 0.25) is 0 Å². The number of hydrogen-bond acceptors (Lipinski definition) is 10. The molecule has 2 aliphatic heterocycles. The van der Waals surface area contributed by atoms with Crippen molar-refractivity contribution in [3.63, 3.8) is 0 Å². The van der Waals surface area contributed by atoms with Crippen molar-refractivity contribution in [1.82, 2.24) is 4.90 Å². The summed E-state index contributed by atoms with van der Waals surface area (Å²) in [7, 11) is -11.4. The number of carbonyl (C=O) groups is 3. The molecule has 42 heavy (non-hydrogen) atoms. The standard InChI is InChI=1S/C24H31N3O12P2S/c1-4-39-18-14(25)10-12-6-5-11(7-8-23(32,40(33,34)35)41(36,37)38)9-13(12)15(18)17(28)16-19(29)27-20(16)42-22(2,3)24(27,26)21(30)31/h5-6,9-10,16,20,32H,4,7-8,25-26H2,1-3H3,(H,30,31)(H2,33,34,35)(H2,36,37,38). The van der Waals surface area contributed by atoms with Crippen LogP contribution in [0.5, 0.6) is 5.75 Å². The third-order valence-electron chi connectivity index (χ3n) is 7.77. The first-order chi connectivity index (χ1) is 19.1. The summed E-state index contributed by atoms with van der Waals surface area (Å²) in [5, 5.41) is 16.2. The molecule has 0 bridgehead atoms. The molecule has 4 rings (SSSR count). The molecule has 2 fully saturated rings. The Morgan fingerprint density at radius 1 is 1.14 bits per heavy atom. The zero-order chi connectivity index (χ0) is 31.8. The number of fused-ring (bicyclic) bond motifs is 2. The number of ketones is 1. The number of rotatable bonds is 10. The van der Waals surface area contributed by atoms with E-state index in [-0.39, 0.29) is 34.6 Å². The molecule has 15 nitrogen and oxygen atoms in total. The van der Waals surface area contributed by atoms with Crippen LogP contribution in [-0.2, 0) is 25.1 Å². The van der Waals surface area contributed by atoms with Gasteiger partial charge in [0.25, 0.3) is 5.08 Å². The number of amides is 1. The number of carbonyl (C=O) groups excluding carboxylic acids is 2. The van der Waals surface area contributed by atoms with Gasteiger partial charge >= 0.3 is 21.2 Å². The van der Waals surface area contributed by atoms with Gasteiger partial charge in [-0.05, 0) is 49.6 Å². The number of aliphatic hydroxyl groups is 1. The number of ether oxygens (including phenoxy) is 1. The molecule has 0 spiro atoms. The van der Waals surface area contributed by atoms with Crippen LogP contribution in [0.25, 0.3) is 10.8 Å². The summed E-state index contributed by atoms with van der Waals surface area (Å²) in [4.78, 5) is 78.4. The predicted molar refractivity (Wildman–Crippen MR) is 152 cm³/mol. The van der Waals surface area contributed by atoms with E-state index in [9.17, 15) is 53.3 Å². The molecule has 2 aliphatic rings. The molecule has 0 aliphatic carbocycles. The number of carboxylic acids is 1. The molecule has 230 valence electrons. The van der Waals surface area contributed by atoms with Crippen molar-refractivity contribution in [2.24, 2.45) is 11.7 Å². The summed E-state index contributed by atoms with van der Waals surface area (Å²) >= 11 is 1.07. The Morgan fingerprint density at radius 3 is 2.26 bits per heavy atom. The van der Waals surface area contributed by atoms with E-state index < -0.39 is 72.5 Å². The fraction of sp³-hybridized carbons (Fsp3) is 0.458. The number of nitrogens with two attached hydrogens (primary N) is 2. The van der Waals surface area contributed by atoms with Crippen molar-refractivity contribution in [1.29, 1.82) is 0 Å². The minimum atomic E-state index is -5.69. The maximum absolute atomic E-state index is 14.1. The number of nitrogen functional groups attached to an aromatic ring is 1. The van der Waals surface area contributed by atoms with Crippen molar-refractivity contribution < 1.29 is 58.0 Å².